The Kier molecular flexibility index (Phi) is 16.7. The van der Waals surface area contributed by atoms with Gasteiger partial charge in [-0.15, -0.1) is 0 Å². The number of carbonyl (C=O) groups excluding carboxylic acids is 2. The number of carbonyl (C=O) groups is 2. The highest BCUT2D eigenvalue weighted by molar-refractivity contribution is 5.70. The van der Waals surface area contributed by atoms with Crippen LogP contribution in [0.25, 0.3) is 0 Å². The molecule has 0 aliphatic heterocycles. The van der Waals surface area contributed by atoms with Crippen LogP contribution in [-0.2, 0) is 19.1 Å². The number of unbranched alkanes of at least 4 members (excludes halogenated alkanes) is 8. The summed E-state index contributed by atoms with van der Waals surface area (Å²) in [4.78, 5) is 24.1. The van der Waals surface area contributed by atoms with Gasteiger partial charge in [-0.3, -0.25) is 9.59 Å². The summed E-state index contributed by atoms with van der Waals surface area (Å²) in [5.74, 6) is -0.340. The van der Waals surface area contributed by atoms with E-state index in [1.165, 1.54) is 38.5 Å². The Morgan fingerprint density at radius 2 is 1.12 bits per heavy atom. The third kappa shape index (κ3) is 14.1. The molecule has 2 unspecified atom stereocenters. The first-order valence-electron chi connectivity index (χ1n) is 10.9. The molecular weight excluding hydrogens is 328 g/mol. The third-order valence-corrected chi connectivity index (χ3v) is 4.67. The van der Waals surface area contributed by atoms with E-state index in [9.17, 15) is 9.59 Å². The zero-order chi connectivity index (χ0) is 19.6. The van der Waals surface area contributed by atoms with Gasteiger partial charge in [-0.1, -0.05) is 78.6 Å². The summed E-state index contributed by atoms with van der Waals surface area (Å²) in [6, 6.07) is 0. The number of hydrogen-bond acceptors (Lipinski definition) is 4. The van der Waals surface area contributed by atoms with Crippen LogP contribution in [0.4, 0.5) is 0 Å². The van der Waals surface area contributed by atoms with Gasteiger partial charge in [-0.05, 0) is 26.2 Å². The fraction of sp³-hybridized carbons (Fsp3) is 0.909. The lowest BCUT2D eigenvalue weighted by molar-refractivity contribution is -0.167. The Morgan fingerprint density at radius 1 is 0.654 bits per heavy atom. The fourth-order valence-corrected chi connectivity index (χ4v) is 2.99. The van der Waals surface area contributed by atoms with Crippen LogP contribution in [0.5, 0.6) is 0 Å². The first-order chi connectivity index (χ1) is 12.5. The second kappa shape index (κ2) is 17.4. The Hall–Kier alpha value is -1.06. The molecule has 0 spiro atoms. The minimum Gasteiger partial charge on any atom is -0.459 e. The predicted molar refractivity (Wildman–Crippen MR) is 107 cm³/mol. The molecule has 0 aromatic carbocycles. The van der Waals surface area contributed by atoms with Crippen LogP contribution >= 0.6 is 0 Å². The van der Waals surface area contributed by atoms with Crippen molar-refractivity contribution in [2.75, 3.05) is 0 Å². The van der Waals surface area contributed by atoms with E-state index in [0.717, 1.165) is 38.5 Å². The average Bonchev–Trinajstić information content (AvgIpc) is 2.61. The summed E-state index contributed by atoms with van der Waals surface area (Å²) < 4.78 is 11.1. The number of ether oxygens (including phenoxy) is 2. The highest BCUT2D eigenvalue weighted by atomic mass is 16.6. The molecule has 0 aromatic heterocycles. The van der Waals surface area contributed by atoms with Gasteiger partial charge in [0.1, 0.15) is 12.2 Å². The Balaban J connectivity index is 4.11. The zero-order valence-corrected chi connectivity index (χ0v) is 17.7. The highest BCUT2D eigenvalue weighted by Crippen LogP contribution is 2.15. The van der Waals surface area contributed by atoms with Gasteiger partial charge in [0, 0.05) is 12.8 Å². The zero-order valence-electron chi connectivity index (χ0n) is 17.7. The normalized spacial score (nSPS) is 13.2. The van der Waals surface area contributed by atoms with Gasteiger partial charge in [-0.2, -0.15) is 0 Å². The maximum Gasteiger partial charge on any atom is 0.306 e. The van der Waals surface area contributed by atoms with Crippen LogP contribution in [0.2, 0.25) is 0 Å². The van der Waals surface area contributed by atoms with E-state index in [4.69, 9.17) is 9.47 Å². The number of rotatable bonds is 17. The lowest BCUT2D eigenvalue weighted by atomic mass is 10.1. The molecular formula is C22H42O4. The largest absolute Gasteiger partial charge is 0.459 e. The molecule has 0 heterocycles. The summed E-state index contributed by atoms with van der Waals surface area (Å²) in [5.41, 5.74) is 0. The maximum atomic E-state index is 12.1. The van der Waals surface area contributed by atoms with Crippen molar-refractivity contribution in [1.29, 1.82) is 0 Å². The molecule has 0 N–H and O–H groups in total. The minimum atomic E-state index is -0.373. The molecule has 0 amide bonds. The average molecular weight is 371 g/mol. The molecule has 0 saturated heterocycles. The summed E-state index contributed by atoms with van der Waals surface area (Å²) in [7, 11) is 0. The van der Waals surface area contributed by atoms with Crippen molar-refractivity contribution in [2.45, 2.75) is 130 Å². The predicted octanol–water partition coefficient (Wildman–Crippen LogP) is 6.35. The standard InChI is InChI=1S/C22H42O4/c1-5-8-10-12-14-17-21(23)25-19(4)20(16-7-3)26-22(24)18-15-13-11-9-6-2/h19-20H,5-18H2,1-4H3. The molecule has 4 nitrogen and oxygen atoms in total. The molecule has 0 fully saturated rings. The van der Waals surface area contributed by atoms with Crippen LogP contribution in [0.15, 0.2) is 0 Å². The van der Waals surface area contributed by atoms with E-state index in [2.05, 4.69) is 13.8 Å². The Morgan fingerprint density at radius 3 is 1.58 bits per heavy atom. The summed E-state index contributed by atoms with van der Waals surface area (Å²) >= 11 is 0. The van der Waals surface area contributed by atoms with Crippen LogP contribution in [0.1, 0.15) is 118 Å². The SMILES string of the molecule is CCCCCCCC(=O)OC(C)C(CCC)OC(=O)CCCCCCC. The highest BCUT2D eigenvalue weighted by Gasteiger charge is 2.24. The molecule has 26 heavy (non-hydrogen) atoms. The quantitative estimate of drug-likeness (QED) is 0.221. The minimum absolute atomic E-state index is 0.164. The maximum absolute atomic E-state index is 12.1. The smallest absolute Gasteiger partial charge is 0.306 e. The van der Waals surface area contributed by atoms with Gasteiger partial charge in [0.05, 0.1) is 0 Å². The molecule has 0 aliphatic rings. The van der Waals surface area contributed by atoms with E-state index in [1.807, 2.05) is 13.8 Å². The monoisotopic (exact) mass is 370 g/mol. The molecule has 0 rings (SSSR count). The van der Waals surface area contributed by atoms with E-state index >= 15 is 0 Å². The van der Waals surface area contributed by atoms with Gasteiger partial charge < -0.3 is 9.47 Å². The number of esters is 2. The summed E-state index contributed by atoms with van der Waals surface area (Å²) in [5, 5.41) is 0. The summed E-state index contributed by atoms with van der Waals surface area (Å²) in [6.07, 6.45) is 12.9. The first kappa shape index (κ1) is 24.9. The molecule has 0 saturated carbocycles. The van der Waals surface area contributed by atoms with E-state index in [1.54, 1.807) is 0 Å². The topological polar surface area (TPSA) is 52.6 Å². The lowest BCUT2D eigenvalue weighted by Crippen LogP contribution is -2.33. The van der Waals surface area contributed by atoms with Crippen molar-refractivity contribution in [3.8, 4) is 0 Å². The Labute approximate surface area is 161 Å². The van der Waals surface area contributed by atoms with Crippen molar-refractivity contribution in [2.24, 2.45) is 0 Å². The van der Waals surface area contributed by atoms with Crippen LogP contribution in [0, 0.1) is 0 Å². The number of hydrogen-bond donors (Lipinski definition) is 0. The van der Waals surface area contributed by atoms with Crippen molar-refractivity contribution < 1.29 is 19.1 Å². The van der Waals surface area contributed by atoms with Crippen LogP contribution in [0.3, 0.4) is 0 Å². The van der Waals surface area contributed by atoms with Crippen LogP contribution in [-0.4, -0.2) is 24.1 Å². The van der Waals surface area contributed by atoms with E-state index in [-0.39, 0.29) is 24.1 Å². The Bertz CT molecular complexity index is 354. The fourth-order valence-electron chi connectivity index (χ4n) is 2.99. The van der Waals surface area contributed by atoms with E-state index in [0.29, 0.717) is 12.8 Å². The lowest BCUT2D eigenvalue weighted by Gasteiger charge is -2.24. The van der Waals surface area contributed by atoms with Gasteiger partial charge in [0.25, 0.3) is 0 Å². The molecule has 4 heteroatoms. The second-order valence-corrected chi connectivity index (χ2v) is 7.34. The summed E-state index contributed by atoms with van der Waals surface area (Å²) in [6.45, 7) is 8.24. The van der Waals surface area contributed by atoms with Gasteiger partial charge in [-0.25, -0.2) is 0 Å². The van der Waals surface area contributed by atoms with Crippen molar-refractivity contribution in [3.05, 3.63) is 0 Å². The molecule has 2 atom stereocenters. The molecule has 0 aromatic rings. The van der Waals surface area contributed by atoms with E-state index < -0.39 is 0 Å². The van der Waals surface area contributed by atoms with Crippen molar-refractivity contribution in [1.82, 2.24) is 0 Å². The van der Waals surface area contributed by atoms with Crippen molar-refractivity contribution in [3.63, 3.8) is 0 Å². The van der Waals surface area contributed by atoms with Gasteiger partial charge >= 0.3 is 11.9 Å². The molecule has 154 valence electrons. The van der Waals surface area contributed by atoms with Gasteiger partial charge in [0.2, 0.25) is 0 Å². The molecule has 0 aliphatic carbocycles. The van der Waals surface area contributed by atoms with Crippen LogP contribution < -0.4 is 0 Å². The third-order valence-electron chi connectivity index (χ3n) is 4.67. The first-order valence-corrected chi connectivity index (χ1v) is 10.9. The van der Waals surface area contributed by atoms with Crippen molar-refractivity contribution >= 4 is 11.9 Å². The second-order valence-electron chi connectivity index (χ2n) is 7.34. The molecule has 0 bridgehead atoms. The van der Waals surface area contributed by atoms with Gasteiger partial charge in [0.15, 0.2) is 0 Å². The molecule has 0 radical (unpaired) electrons.